The molecule has 1 heterocycles. The fourth-order valence-corrected chi connectivity index (χ4v) is 2.20. The van der Waals surface area contributed by atoms with Gasteiger partial charge in [0.2, 0.25) is 0 Å². The molecule has 0 unspecified atom stereocenters. The largest absolute Gasteiger partial charge is 0.462 e. The molecule has 1 saturated heterocycles. The molecular weight excluding hydrogens is 329 g/mol. The first-order valence-electron chi connectivity index (χ1n) is 7.33. The van der Waals surface area contributed by atoms with Crippen molar-refractivity contribution in [3.8, 4) is 0 Å². The van der Waals surface area contributed by atoms with Gasteiger partial charge in [-0.05, 0) is 19.1 Å². The molecule has 1 atom stereocenters. The maximum absolute atomic E-state index is 12.7. The predicted molar refractivity (Wildman–Crippen MR) is 78.8 cm³/mol. The highest BCUT2D eigenvalue weighted by Crippen LogP contribution is 2.26. The van der Waals surface area contributed by atoms with Gasteiger partial charge in [0, 0.05) is 6.54 Å². The van der Waals surface area contributed by atoms with Crippen molar-refractivity contribution in [1.29, 1.82) is 0 Å². The number of esters is 1. The van der Waals surface area contributed by atoms with Gasteiger partial charge < -0.3 is 19.7 Å². The van der Waals surface area contributed by atoms with E-state index in [2.05, 4.69) is 10.1 Å². The normalized spacial score (nSPS) is 18.2. The van der Waals surface area contributed by atoms with Crippen LogP contribution in [0.4, 0.5) is 23.7 Å². The van der Waals surface area contributed by atoms with E-state index in [0.29, 0.717) is 0 Å². The zero-order valence-corrected chi connectivity index (χ0v) is 12.9. The van der Waals surface area contributed by atoms with Gasteiger partial charge in [-0.1, -0.05) is 12.1 Å². The molecule has 6 nitrogen and oxygen atoms in total. The van der Waals surface area contributed by atoms with Crippen molar-refractivity contribution >= 4 is 17.7 Å². The molecule has 0 bridgehead atoms. The summed E-state index contributed by atoms with van der Waals surface area (Å²) in [6.45, 7) is 1.02. The number of para-hydroxylation sites is 1. The van der Waals surface area contributed by atoms with Gasteiger partial charge in [0.1, 0.15) is 0 Å². The van der Waals surface area contributed by atoms with Crippen molar-refractivity contribution in [2.24, 2.45) is 0 Å². The summed E-state index contributed by atoms with van der Waals surface area (Å²) >= 11 is 0. The lowest BCUT2D eigenvalue weighted by molar-refractivity contribution is -0.233. The first-order chi connectivity index (χ1) is 11.3. The van der Waals surface area contributed by atoms with E-state index in [-0.39, 0.29) is 31.0 Å². The molecule has 2 amide bonds. The molecule has 24 heavy (non-hydrogen) atoms. The fraction of sp³-hybridized carbons (Fsp3) is 0.467. The highest BCUT2D eigenvalue weighted by molar-refractivity contribution is 6.00. The summed E-state index contributed by atoms with van der Waals surface area (Å²) in [6, 6.07) is 5.40. The quantitative estimate of drug-likeness (QED) is 0.855. The van der Waals surface area contributed by atoms with Crippen LogP contribution < -0.4 is 5.32 Å². The second-order valence-electron chi connectivity index (χ2n) is 5.04. The van der Waals surface area contributed by atoms with Gasteiger partial charge >= 0.3 is 18.2 Å². The Balaban J connectivity index is 2.08. The number of carbonyl (C=O) groups excluding carboxylic acids is 2. The second-order valence-corrected chi connectivity index (χ2v) is 5.04. The van der Waals surface area contributed by atoms with Crippen molar-refractivity contribution in [2.45, 2.75) is 19.2 Å². The highest BCUT2D eigenvalue weighted by Gasteiger charge is 2.44. The van der Waals surface area contributed by atoms with E-state index >= 15 is 0 Å². The topological polar surface area (TPSA) is 67.9 Å². The molecule has 1 N–H and O–H groups in total. The van der Waals surface area contributed by atoms with E-state index in [1.54, 1.807) is 19.1 Å². The summed E-state index contributed by atoms with van der Waals surface area (Å²) in [5.41, 5.74) is 0.310. The Hall–Kier alpha value is -2.29. The van der Waals surface area contributed by atoms with Gasteiger partial charge in [-0.15, -0.1) is 0 Å². The van der Waals surface area contributed by atoms with Crippen LogP contribution in [0.3, 0.4) is 0 Å². The van der Waals surface area contributed by atoms with Crippen molar-refractivity contribution in [3.05, 3.63) is 29.8 Å². The first-order valence-corrected chi connectivity index (χ1v) is 7.33. The van der Waals surface area contributed by atoms with Crippen LogP contribution in [0.15, 0.2) is 24.3 Å². The zero-order chi connectivity index (χ0) is 17.7. The number of nitrogens with one attached hydrogen (secondary N) is 1. The lowest BCUT2D eigenvalue weighted by atomic mass is 10.2. The van der Waals surface area contributed by atoms with Crippen molar-refractivity contribution in [3.63, 3.8) is 0 Å². The molecule has 1 aliphatic heterocycles. The Morgan fingerprint density at radius 3 is 2.75 bits per heavy atom. The second kappa shape index (κ2) is 7.52. The number of rotatable bonds is 3. The fourth-order valence-electron chi connectivity index (χ4n) is 2.20. The Bertz CT molecular complexity index is 607. The standard InChI is InChI=1S/C15H17F3N2O4/c1-2-23-13(21)10-5-3-4-6-11(10)19-14(22)20-7-8-24-12(9-20)15(16,17)18/h3-6,12H,2,7-9H2,1H3,(H,19,22)/t12-/m1/s1. The van der Waals surface area contributed by atoms with Crippen LogP contribution >= 0.6 is 0 Å². The maximum Gasteiger partial charge on any atom is 0.416 e. The Morgan fingerprint density at radius 2 is 2.08 bits per heavy atom. The molecule has 2 rings (SSSR count). The van der Waals surface area contributed by atoms with Gasteiger partial charge in [-0.2, -0.15) is 13.2 Å². The Kier molecular flexibility index (Phi) is 5.66. The lowest BCUT2D eigenvalue weighted by Gasteiger charge is -2.33. The number of halogens is 3. The number of morpholine rings is 1. The molecule has 0 spiro atoms. The number of carbonyl (C=O) groups is 2. The number of hydrogen-bond acceptors (Lipinski definition) is 4. The molecule has 1 aromatic carbocycles. The number of benzene rings is 1. The summed E-state index contributed by atoms with van der Waals surface area (Å²) in [7, 11) is 0. The van der Waals surface area contributed by atoms with Crippen LogP contribution in [0.25, 0.3) is 0 Å². The molecule has 1 aromatic rings. The summed E-state index contributed by atoms with van der Waals surface area (Å²) in [6.07, 6.45) is -6.56. The Morgan fingerprint density at radius 1 is 1.38 bits per heavy atom. The van der Waals surface area contributed by atoms with Crippen molar-refractivity contribution < 1.29 is 32.2 Å². The number of hydrogen-bond donors (Lipinski definition) is 1. The van der Waals surface area contributed by atoms with Crippen molar-refractivity contribution in [2.75, 3.05) is 31.6 Å². The molecule has 9 heteroatoms. The van der Waals surface area contributed by atoms with E-state index in [9.17, 15) is 22.8 Å². The molecule has 1 fully saturated rings. The van der Waals surface area contributed by atoms with Gasteiger partial charge in [0.05, 0.1) is 31.0 Å². The zero-order valence-electron chi connectivity index (χ0n) is 12.9. The number of alkyl halides is 3. The molecular formula is C15H17F3N2O4. The minimum Gasteiger partial charge on any atom is -0.462 e. The Labute approximate surface area is 136 Å². The van der Waals surface area contributed by atoms with Crippen LogP contribution in [0.2, 0.25) is 0 Å². The molecule has 0 saturated carbocycles. The van der Waals surface area contributed by atoms with Crippen LogP contribution in [0.5, 0.6) is 0 Å². The molecule has 132 valence electrons. The molecule has 0 aliphatic carbocycles. The van der Waals surface area contributed by atoms with Crippen LogP contribution in [0, 0.1) is 0 Å². The van der Waals surface area contributed by atoms with E-state index in [1.807, 2.05) is 0 Å². The predicted octanol–water partition coefficient (Wildman–Crippen LogP) is 2.66. The molecule has 0 aromatic heterocycles. The van der Waals surface area contributed by atoms with Gasteiger partial charge in [-0.3, -0.25) is 0 Å². The van der Waals surface area contributed by atoms with Crippen LogP contribution in [-0.4, -0.2) is 55.5 Å². The first kappa shape index (κ1) is 18.1. The summed E-state index contributed by atoms with van der Waals surface area (Å²) in [4.78, 5) is 25.1. The van der Waals surface area contributed by atoms with E-state index < -0.39 is 30.8 Å². The van der Waals surface area contributed by atoms with Crippen LogP contribution in [0.1, 0.15) is 17.3 Å². The number of nitrogens with zero attached hydrogens (tertiary/aromatic N) is 1. The van der Waals surface area contributed by atoms with Gasteiger partial charge in [0.15, 0.2) is 6.10 Å². The maximum atomic E-state index is 12.7. The monoisotopic (exact) mass is 346 g/mol. The summed E-state index contributed by atoms with van der Waals surface area (Å²) in [5.74, 6) is -0.622. The highest BCUT2D eigenvalue weighted by atomic mass is 19.4. The summed E-state index contributed by atoms with van der Waals surface area (Å²) in [5, 5.41) is 2.45. The minimum absolute atomic E-state index is 0.0278. The third kappa shape index (κ3) is 4.38. The van der Waals surface area contributed by atoms with E-state index in [1.165, 1.54) is 12.1 Å². The van der Waals surface area contributed by atoms with Gasteiger partial charge in [-0.25, -0.2) is 9.59 Å². The van der Waals surface area contributed by atoms with Crippen molar-refractivity contribution in [1.82, 2.24) is 4.90 Å². The smallest absolute Gasteiger partial charge is 0.416 e. The molecule has 1 aliphatic rings. The molecule has 0 radical (unpaired) electrons. The van der Waals surface area contributed by atoms with Crippen LogP contribution in [-0.2, 0) is 9.47 Å². The number of urea groups is 1. The van der Waals surface area contributed by atoms with Gasteiger partial charge in [0.25, 0.3) is 0 Å². The number of ether oxygens (including phenoxy) is 2. The average molecular weight is 346 g/mol. The average Bonchev–Trinajstić information content (AvgIpc) is 2.55. The number of amides is 2. The number of anilines is 1. The van der Waals surface area contributed by atoms with E-state index in [4.69, 9.17) is 4.74 Å². The lowest BCUT2D eigenvalue weighted by Crippen LogP contribution is -2.52. The van der Waals surface area contributed by atoms with E-state index in [0.717, 1.165) is 4.90 Å². The minimum atomic E-state index is -4.54. The SMILES string of the molecule is CCOC(=O)c1ccccc1NC(=O)N1CCO[C@@H](C(F)(F)F)C1. The third-order valence-electron chi connectivity index (χ3n) is 3.38. The third-order valence-corrected chi connectivity index (χ3v) is 3.38. The summed E-state index contributed by atoms with van der Waals surface area (Å²) < 4.78 is 47.7.